The molecule has 9 nitrogen and oxygen atoms in total. The Balaban J connectivity index is 1.50. The minimum Gasteiger partial charge on any atom is -0.495 e. The van der Waals surface area contributed by atoms with E-state index < -0.39 is 21.8 Å². The summed E-state index contributed by atoms with van der Waals surface area (Å²) in [5.41, 5.74) is 0.585. The predicted octanol–water partition coefficient (Wildman–Crippen LogP) is 3.80. The van der Waals surface area contributed by atoms with E-state index in [-0.39, 0.29) is 40.6 Å². The van der Waals surface area contributed by atoms with Crippen LogP contribution in [0.4, 0.5) is 4.39 Å². The number of nitrogens with zero attached hydrogens (tertiary/aromatic N) is 3. The van der Waals surface area contributed by atoms with E-state index in [9.17, 15) is 17.6 Å². The van der Waals surface area contributed by atoms with Crippen LogP contribution in [0.25, 0.3) is 11.4 Å². The van der Waals surface area contributed by atoms with Gasteiger partial charge in [-0.25, -0.2) is 17.6 Å². The van der Waals surface area contributed by atoms with Crippen LogP contribution >= 0.6 is 0 Å². The minimum absolute atomic E-state index is 0.0381. The number of carbonyl (C=O) groups excluding carboxylic acids is 1. The average Bonchev–Trinajstić information content (AvgIpc) is 3.31. The first-order valence-corrected chi connectivity index (χ1v) is 12.2. The Morgan fingerprint density at radius 1 is 1.21 bits per heavy atom. The predicted molar refractivity (Wildman–Crippen MR) is 119 cm³/mol. The molecule has 2 aromatic carbocycles. The van der Waals surface area contributed by atoms with Gasteiger partial charge in [0, 0.05) is 18.2 Å². The zero-order valence-electron chi connectivity index (χ0n) is 18.7. The lowest BCUT2D eigenvalue weighted by molar-refractivity contribution is 0.0429. The van der Waals surface area contributed by atoms with E-state index in [4.69, 9.17) is 14.0 Å². The van der Waals surface area contributed by atoms with Gasteiger partial charge in [-0.1, -0.05) is 11.6 Å². The van der Waals surface area contributed by atoms with Crippen LogP contribution in [0, 0.1) is 5.82 Å². The summed E-state index contributed by atoms with van der Waals surface area (Å²) >= 11 is 0. The lowest BCUT2D eigenvalue weighted by Gasteiger charge is -2.32. The Morgan fingerprint density at radius 3 is 2.68 bits per heavy atom. The molecule has 0 radical (unpaired) electrons. The summed E-state index contributed by atoms with van der Waals surface area (Å²) in [6.07, 6.45) is 2.51. The van der Waals surface area contributed by atoms with Crippen molar-refractivity contribution in [2.45, 2.75) is 43.7 Å². The summed E-state index contributed by atoms with van der Waals surface area (Å²) in [7, 11) is -2.50. The topological polar surface area (TPSA) is 112 Å². The highest BCUT2D eigenvalue weighted by molar-refractivity contribution is 7.89. The molecular weight excluding hydrogens is 465 g/mol. The number of sulfonamides is 1. The van der Waals surface area contributed by atoms with Crippen LogP contribution in [-0.2, 0) is 21.4 Å². The summed E-state index contributed by atoms with van der Waals surface area (Å²) in [6.45, 7) is 1.96. The van der Waals surface area contributed by atoms with Crippen molar-refractivity contribution in [1.82, 2.24) is 14.4 Å². The van der Waals surface area contributed by atoms with E-state index in [1.54, 1.807) is 0 Å². The second kappa shape index (κ2) is 9.90. The number of esters is 1. The number of hydrogen-bond donors (Lipinski definition) is 0. The molecule has 4 rings (SSSR count). The van der Waals surface area contributed by atoms with Crippen molar-refractivity contribution < 1.29 is 31.6 Å². The molecular formula is C23H24FN3O6S. The molecule has 0 unspecified atom stereocenters. The van der Waals surface area contributed by atoms with E-state index in [2.05, 4.69) is 10.1 Å². The van der Waals surface area contributed by atoms with Crippen molar-refractivity contribution in [2.24, 2.45) is 0 Å². The van der Waals surface area contributed by atoms with Crippen molar-refractivity contribution in [3.05, 3.63) is 59.7 Å². The minimum atomic E-state index is -3.87. The third kappa shape index (κ3) is 4.95. The zero-order chi connectivity index (χ0) is 24.3. The number of methoxy groups -OCH3 is 1. The molecule has 11 heteroatoms. The van der Waals surface area contributed by atoms with Gasteiger partial charge in [0.2, 0.25) is 15.8 Å². The number of piperidine rings is 1. The molecule has 0 saturated carbocycles. The summed E-state index contributed by atoms with van der Waals surface area (Å²) < 4.78 is 56.8. The monoisotopic (exact) mass is 489 g/mol. The van der Waals surface area contributed by atoms with Crippen molar-refractivity contribution in [3.8, 4) is 17.1 Å². The highest BCUT2D eigenvalue weighted by Crippen LogP contribution is 2.32. The Hall–Kier alpha value is -3.31. The molecule has 1 fully saturated rings. The van der Waals surface area contributed by atoms with E-state index in [0.29, 0.717) is 12.1 Å². The highest BCUT2D eigenvalue weighted by atomic mass is 32.2. The maximum absolute atomic E-state index is 13.3. The Morgan fingerprint density at radius 2 is 1.97 bits per heavy atom. The number of rotatable bonds is 7. The molecule has 0 spiro atoms. The fourth-order valence-corrected chi connectivity index (χ4v) is 5.68. The first-order valence-electron chi connectivity index (χ1n) is 10.7. The molecule has 1 aliphatic heterocycles. The van der Waals surface area contributed by atoms with Crippen LogP contribution in [0.15, 0.2) is 51.9 Å². The van der Waals surface area contributed by atoms with Gasteiger partial charge in [0.15, 0.2) is 6.61 Å². The van der Waals surface area contributed by atoms with E-state index in [0.717, 1.165) is 19.3 Å². The van der Waals surface area contributed by atoms with Crippen molar-refractivity contribution in [2.75, 3.05) is 13.7 Å². The van der Waals surface area contributed by atoms with E-state index >= 15 is 0 Å². The lowest BCUT2D eigenvalue weighted by atomic mass is 10.1. The average molecular weight is 490 g/mol. The molecule has 0 aliphatic carbocycles. The molecule has 0 amide bonds. The number of aromatic nitrogens is 2. The van der Waals surface area contributed by atoms with Crippen LogP contribution in [0.5, 0.6) is 5.75 Å². The summed E-state index contributed by atoms with van der Waals surface area (Å²) in [5.74, 6) is -0.741. The standard InChI is InChI=1S/C23H24FN3O6S/c1-15-5-3-4-12-27(15)34(29,30)20-13-17(8-11-19(20)31-2)23(28)32-14-21-25-22(26-33-21)16-6-9-18(24)10-7-16/h6-11,13,15H,3-5,12,14H2,1-2H3/t15-/m1/s1. The van der Waals surface area contributed by atoms with Gasteiger partial charge in [-0.2, -0.15) is 9.29 Å². The Kier molecular flexibility index (Phi) is 6.94. The molecule has 3 aromatic rings. The third-order valence-corrected chi connectivity index (χ3v) is 7.66. The summed E-state index contributed by atoms with van der Waals surface area (Å²) in [4.78, 5) is 16.7. The molecule has 2 heterocycles. The molecule has 1 aliphatic rings. The highest BCUT2D eigenvalue weighted by Gasteiger charge is 2.33. The number of hydrogen-bond acceptors (Lipinski definition) is 8. The van der Waals surface area contributed by atoms with Crippen LogP contribution in [0.2, 0.25) is 0 Å². The summed E-state index contributed by atoms with van der Waals surface area (Å²) in [6, 6.07) is 9.50. The van der Waals surface area contributed by atoms with Gasteiger partial charge >= 0.3 is 5.97 Å². The molecule has 1 atom stereocenters. The number of halogens is 1. The molecule has 1 aromatic heterocycles. The quantitative estimate of drug-likeness (QED) is 0.461. The molecule has 180 valence electrons. The van der Waals surface area contributed by atoms with Crippen molar-refractivity contribution in [1.29, 1.82) is 0 Å². The maximum atomic E-state index is 13.3. The van der Waals surface area contributed by atoms with Gasteiger partial charge in [-0.05, 0) is 62.2 Å². The molecule has 34 heavy (non-hydrogen) atoms. The van der Waals surface area contributed by atoms with Crippen LogP contribution in [-0.4, -0.2) is 48.5 Å². The van der Waals surface area contributed by atoms with Gasteiger partial charge in [-0.3, -0.25) is 0 Å². The normalized spacial score (nSPS) is 16.9. The fourth-order valence-electron chi connectivity index (χ4n) is 3.80. The maximum Gasteiger partial charge on any atom is 0.338 e. The molecule has 0 N–H and O–H groups in total. The smallest absolute Gasteiger partial charge is 0.338 e. The van der Waals surface area contributed by atoms with Gasteiger partial charge in [0.25, 0.3) is 5.89 Å². The second-order valence-corrected chi connectivity index (χ2v) is 9.78. The Bertz CT molecular complexity index is 1280. The van der Waals surface area contributed by atoms with Crippen LogP contribution in [0.1, 0.15) is 42.4 Å². The van der Waals surface area contributed by atoms with Gasteiger partial charge in [-0.15, -0.1) is 0 Å². The van der Waals surface area contributed by atoms with Gasteiger partial charge in [0.05, 0.1) is 12.7 Å². The van der Waals surface area contributed by atoms with Crippen molar-refractivity contribution >= 4 is 16.0 Å². The van der Waals surface area contributed by atoms with Crippen LogP contribution in [0.3, 0.4) is 0 Å². The fraction of sp³-hybridized carbons (Fsp3) is 0.348. The van der Waals surface area contributed by atoms with E-state index in [1.807, 2.05) is 6.92 Å². The first kappa shape index (κ1) is 23.8. The van der Waals surface area contributed by atoms with Gasteiger partial charge in [0.1, 0.15) is 16.5 Å². The lowest BCUT2D eigenvalue weighted by Crippen LogP contribution is -2.42. The third-order valence-electron chi connectivity index (χ3n) is 5.63. The number of carbonyl (C=O) groups is 1. The number of ether oxygens (including phenoxy) is 2. The largest absolute Gasteiger partial charge is 0.495 e. The molecule has 0 bridgehead atoms. The van der Waals surface area contributed by atoms with Crippen molar-refractivity contribution in [3.63, 3.8) is 0 Å². The zero-order valence-corrected chi connectivity index (χ0v) is 19.5. The van der Waals surface area contributed by atoms with Gasteiger partial charge < -0.3 is 14.0 Å². The first-order chi connectivity index (χ1) is 16.3. The second-order valence-electron chi connectivity index (χ2n) is 7.92. The van der Waals surface area contributed by atoms with E-state index in [1.165, 1.54) is 53.9 Å². The number of benzene rings is 2. The SMILES string of the molecule is COc1ccc(C(=O)OCc2nc(-c3ccc(F)cc3)no2)cc1S(=O)(=O)N1CCCC[C@H]1C. The molecule has 1 saturated heterocycles. The Labute approximate surface area is 196 Å². The summed E-state index contributed by atoms with van der Waals surface area (Å²) in [5, 5.41) is 3.79. The van der Waals surface area contributed by atoms with Crippen LogP contribution < -0.4 is 4.74 Å².